The molecule has 0 unspecified atom stereocenters. The van der Waals surface area contributed by atoms with Crippen LogP contribution in [0, 0.1) is 5.82 Å². The Kier molecular flexibility index (Phi) is 5.21. The predicted molar refractivity (Wildman–Crippen MR) is 104 cm³/mol. The lowest BCUT2D eigenvalue weighted by molar-refractivity contribution is 0.0723. The Morgan fingerprint density at radius 1 is 1.21 bits per heavy atom. The first kappa shape index (κ1) is 18.4. The van der Waals surface area contributed by atoms with Crippen molar-refractivity contribution in [1.82, 2.24) is 9.88 Å². The highest BCUT2D eigenvalue weighted by molar-refractivity contribution is 5.94. The fraction of sp³-hybridized carbons (Fsp3) is 0.273. The lowest BCUT2D eigenvalue weighted by Crippen LogP contribution is -2.36. The first-order valence-electron chi connectivity index (χ1n) is 9.47. The zero-order valence-electron chi connectivity index (χ0n) is 15.5. The van der Waals surface area contributed by atoms with Crippen LogP contribution in [0.2, 0.25) is 0 Å². The summed E-state index contributed by atoms with van der Waals surface area (Å²) in [4.78, 5) is 19.1. The summed E-state index contributed by atoms with van der Waals surface area (Å²) in [7, 11) is 0. The number of rotatable bonds is 5. The van der Waals surface area contributed by atoms with Crippen LogP contribution in [0.25, 0.3) is 11.5 Å². The summed E-state index contributed by atoms with van der Waals surface area (Å²) in [6.45, 7) is 1.35. The number of amides is 1. The standard InChI is InChI=1S/C22H22FN3O2/c23-18-9-8-15(5-4-11-24)13-17(18)22(27)26-12-10-20-19(14-26)25-21(28-20)16-6-2-1-3-7-16/h1-3,6-9,13H,4-5,10-12,14,24H2. The zero-order valence-corrected chi connectivity index (χ0v) is 15.5. The summed E-state index contributed by atoms with van der Waals surface area (Å²) in [5, 5.41) is 0. The molecule has 0 saturated carbocycles. The van der Waals surface area contributed by atoms with E-state index in [9.17, 15) is 9.18 Å². The van der Waals surface area contributed by atoms with Crippen LogP contribution >= 0.6 is 0 Å². The van der Waals surface area contributed by atoms with Gasteiger partial charge in [-0.2, -0.15) is 0 Å². The SMILES string of the molecule is NCCCc1ccc(F)c(C(=O)N2CCc3oc(-c4ccccc4)nc3C2)c1. The minimum absolute atomic E-state index is 0.102. The molecule has 5 nitrogen and oxygen atoms in total. The van der Waals surface area contributed by atoms with Crippen LogP contribution in [0.1, 0.15) is 33.8 Å². The van der Waals surface area contributed by atoms with Crippen molar-refractivity contribution in [3.05, 3.63) is 76.9 Å². The molecule has 28 heavy (non-hydrogen) atoms. The summed E-state index contributed by atoms with van der Waals surface area (Å²) < 4.78 is 20.2. The van der Waals surface area contributed by atoms with Gasteiger partial charge in [0.05, 0.1) is 12.1 Å². The van der Waals surface area contributed by atoms with E-state index in [0.29, 0.717) is 31.9 Å². The molecule has 2 N–H and O–H groups in total. The van der Waals surface area contributed by atoms with Gasteiger partial charge < -0.3 is 15.1 Å². The minimum atomic E-state index is -0.502. The van der Waals surface area contributed by atoms with Gasteiger partial charge in [-0.05, 0) is 49.2 Å². The second-order valence-electron chi connectivity index (χ2n) is 6.94. The third-order valence-corrected chi connectivity index (χ3v) is 4.97. The maximum atomic E-state index is 14.3. The molecule has 1 aromatic heterocycles. The largest absolute Gasteiger partial charge is 0.441 e. The first-order chi connectivity index (χ1) is 13.7. The highest BCUT2D eigenvalue weighted by Crippen LogP contribution is 2.27. The monoisotopic (exact) mass is 379 g/mol. The van der Waals surface area contributed by atoms with Crippen LogP contribution in [0.5, 0.6) is 0 Å². The smallest absolute Gasteiger partial charge is 0.257 e. The van der Waals surface area contributed by atoms with Crippen molar-refractivity contribution >= 4 is 5.91 Å². The summed E-state index contributed by atoms with van der Waals surface area (Å²) in [5.74, 6) is 0.523. The van der Waals surface area contributed by atoms with Crippen molar-refractivity contribution in [3.63, 3.8) is 0 Å². The number of benzene rings is 2. The molecule has 1 aliphatic rings. The number of oxazole rings is 1. The van der Waals surface area contributed by atoms with E-state index < -0.39 is 5.82 Å². The van der Waals surface area contributed by atoms with Crippen molar-refractivity contribution in [2.24, 2.45) is 5.73 Å². The number of nitrogens with two attached hydrogens (primary N) is 1. The molecule has 4 rings (SSSR count). The minimum Gasteiger partial charge on any atom is -0.441 e. The molecule has 1 aliphatic heterocycles. The molecule has 3 aromatic rings. The van der Waals surface area contributed by atoms with E-state index in [-0.39, 0.29) is 11.5 Å². The Hall–Kier alpha value is -2.99. The van der Waals surface area contributed by atoms with Gasteiger partial charge in [0.2, 0.25) is 5.89 Å². The number of carbonyl (C=O) groups excluding carboxylic acids is 1. The van der Waals surface area contributed by atoms with Crippen LogP contribution in [-0.2, 0) is 19.4 Å². The van der Waals surface area contributed by atoms with Crippen molar-refractivity contribution in [1.29, 1.82) is 0 Å². The first-order valence-corrected chi connectivity index (χ1v) is 9.47. The molecule has 0 bridgehead atoms. The number of carbonyl (C=O) groups is 1. The van der Waals surface area contributed by atoms with Gasteiger partial charge in [-0.1, -0.05) is 24.3 Å². The molecule has 2 aromatic carbocycles. The lowest BCUT2D eigenvalue weighted by Gasteiger charge is -2.25. The predicted octanol–water partition coefficient (Wildman–Crippen LogP) is 3.57. The van der Waals surface area contributed by atoms with Crippen molar-refractivity contribution in [3.8, 4) is 11.5 Å². The van der Waals surface area contributed by atoms with Gasteiger partial charge in [0, 0.05) is 18.5 Å². The van der Waals surface area contributed by atoms with E-state index in [0.717, 1.165) is 35.4 Å². The molecule has 0 atom stereocenters. The summed E-state index contributed by atoms with van der Waals surface area (Å²) in [6, 6.07) is 14.4. The average Bonchev–Trinajstić information content (AvgIpc) is 3.17. The molecule has 144 valence electrons. The number of hydrogen-bond acceptors (Lipinski definition) is 4. The van der Waals surface area contributed by atoms with Gasteiger partial charge in [-0.25, -0.2) is 9.37 Å². The van der Waals surface area contributed by atoms with Crippen LogP contribution < -0.4 is 5.73 Å². The van der Waals surface area contributed by atoms with E-state index in [2.05, 4.69) is 4.98 Å². The lowest BCUT2D eigenvalue weighted by atomic mass is 10.0. The second kappa shape index (κ2) is 7.94. The maximum absolute atomic E-state index is 14.3. The van der Waals surface area contributed by atoms with E-state index in [1.54, 1.807) is 17.0 Å². The van der Waals surface area contributed by atoms with Crippen LogP contribution in [-0.4, -0.2) is 28.9 Å². The molecular weight excluding hydrogens is 357 g/mol. The molecule has 0 saturated heterocycles. The highest BCUT2D eigenvalue weighted by Gasteiger charge is 2.28. The summed E-state index contributed by atoms with van der Waals surface area (Å²) in [6.07, 6.45) is 2.09. The van der Waals surface area contributed by atoms with E-state index in [1.165, 1.54) is 6.07 Å². The quantitative estimate of drug-likeness (QED) is 0.736. The van der Waals surface area contributed by atoms with Crippen molar-refractivity contribution < 1.29 is 13.6 Å². The number of aromatic nitrogens is 1. The molecule has 0 spiro atoms. The molecule has 0 aliphatic carbocycles. The number of hydrogen-bond donors (Lipinski definition) is 1. The third kappa shape index (κ3) is 3.68. The Morgan fingerprint density at radius 2 is 2.04 bits per heavy atom. The van der Waals surface area contributed by atoms with Crippen molar-refractivity contribution in [2.75, 3.05) is 13.1 Å². The number of fused-ring (bicyclic) bond motifs is 1. The van der Waals surface area contributed by atoms with Gasteiger partial charge in [0.15, 0.2) is 0 Å². The fourth-order valence-electron chi connectivity index (χ4n) is 3.44. The van der Waals surface area contributed by atoms with Gasteiger partial charge in [0.1, 0.15) is 17.3 Å². The van der Waals surface area contributed by atoms with E-state index in [4.69, 9.17) is 10.2 Å². The van der Waals surface area contributed by atoms with Gasteiger partial charge in [-0.3, -0.25) is 4.79 Å². The Bertz CT molecular complexity index is 985. The second-order valence-corrected chi connectivity index (χ2v) is 6.94. The summed E-state index contributed by atoms with van der Waals surface area (Å²) in [5.41, 5.74) is 8.20. The number of nitrogens with zero attached hydrogens (tertiary/aromatic N) is 2. The van der Waals surface area contributed by atoms with Gasteiger partial charge >= 0.3 is 0 Å². The van der Waals surface area contributed by atoms with Crippen LogP contribution in [0.3, 0.4) is 0 Å². The Labute approximate surface area is 163 Å². The molecule has 1 amide bonds. The fourth-order valence-corrected chi connectivity index (χ4v) is 3.44. The van der Waals surface area contributed by atoms with Gasteiger partial charge in [-0.15, -0.1) is 0 Å². The number of halogens is 1. The molecule has 0 fully saturated rings. The topological polar surface area (TPSA) is 72.4 Å². The van der Waals surface area contributed by atoms with Crippen LogP contribution in [0.15, 0.2) is 52.9 Å². The van der Waals surface area contributed by atoms with Crippen molar-refractivity contribution in [2.45, 2.75) is 25.8 Å². The molecule has 0 radical (unpaired) electrons. The van der Waals surface area contributed by atoms with E-state index >= 15 is 0 Å². The zero-order chi connectivity index (χ0) is 19.5. The summed E-state index contributed by atoms with van der Waals surface area (Å²) >= 11 is 0. The normalized spacial score (nSPS) is 13.4. The highest BCUT2D eigenvalue weighted by atomic mass is 19.1. The van der Waals surface area contributed by atoms with Crippen LogP contribution in [0.4, 0.5) is 4.39 Å². The third-order valence-electron chi connectivity index (χ3n) is 4.97. The molecule has 2 heterocycles. The Morgan fingerprint density at radius 3 is 2.82 bits per heavy atom. The molecule has 6 heteroatoms. The Balaban J connectivity index is 1.54. The number of aryl methyl sites for hydroxylation is 1. The average molecular weight is 379 g/mol. The maximum Gasteiger partial charge on any atom is 0.257 e. The van der Waals surface area contributed by atoms with E-state index in [1.807, 2.05) is 30.3 Å². The molecular formula is C22H22FN3O2. The van der Waals surface area contributed by atoms with Gasteiger partial charge in [0.25, 0.3) is 5.91 Å².